The average Bonchev–Trinajstić information content (AvgIpc) is 2.94. The number of aliphatic carboxylic acids is 1. The molecule has 0 radical (unpaired) electrons. The number of furan rings is 1. The zero-order chi connectivity index (χ0) is 18.8. The number of fused-ring (bicyclic) bond motifs is 1. The van der Waals surface area contributed by atoms with Gasteiger partial charge < -0.3 is 19.7 Å². The number of nitrogens with one attached hydrogen (secondary N) is 1. The molecule has 2 aromatic rings. The number of carbonyl (C=O) groups is 3. The number of carboxylic acid groups (broad SMARTS) is 1. The van der Waals surface area contributed by atoms with E-state index in [0.717, 1.165) is 11.3 Å². The first-order chi connectivity index (χ1) is 12.4. The van der Waals surface area contributed by atoms with Crippen molar-refractivity contribution in [2.24, 2.45) is 0 Å². The van der Waals surface area contributed by atoms with Gasteiger partial charge in [0.2, 0.25) is 5.91 Å². The lowest BCUT2D eigenvalue weighted by atomic mass is 10.00. The molecule has 1 aliphatic heterocycles. The molecule has 0 unspecified atom stereocenters. The number of aryl methyl sites for hydroxylation is 2. The predicted octanol–water partition coefficient (Wildman–Crippen LogP) is 2.77. The molecule has 0 atom stereocenters. The van der Waals surface area contributed by atoms with Gasteiger partial charge in [-0.05, 0) is 44.0 Å². The highest BCUT2D eigenvalue weighted by atomic mass is 16.4. The van der Waals surface area contributed by atoms with Crippen LogP contribution < -0.4 is 10.2 Å². The smallest absolute Gasteiger partial charge is 0.311 e. The summed E-state index contributed by atoms with van der Waals surface area (Å²) in [6.45, 7) is 4.22. The summed E-state index contributed by atoms with van der Waals surface area (Å²) in [5.74, 6) is -1.24. The lowest BCUT2D eigenvalue weighted by Crippen LogP contribution is -2.34. The molecule has 0 bridgehead atoms. The molecule has 0 saturated heterocycles. The molecule has 0 saturated carbocycles. The van der Waals surface area contributed by atoms with Gasteiger partial charge in [0, 0.05) is 29.9 Å². The van der Waals surface area contributed by atoms with Crippen molar-refractivity contribution in [3.05, 3.63) is 46.9 Å². The Labute approximate surface area is 150 Å². The fourth-order valence-corrected chi connectivity index (χ4v) is 3.25. The molecule has 3 rings (SSSR count). The maximum Gasteiger partial charge on any atom is 0.311 e. The van der Waals surface area contributed by atoms with E-state index in [0.29, 0.717) is 30.6 Å². The standard InChI is InChI=1S/C19H20N2O5/c1-3-21-14-6-5-13(8-12(14)4-7-16(21)22)20-19(25)18-11(2)10-26-15(18)9-17(23)24/h5-6,8,10H,3-4,7,9H2,1-2H3,(H,20,25)(H,23,24). The number of nitrogens with zero attached hydrogens (tertiary/aromatic N) is 1. The molecule has 1 aromatic heterocycles. The van der Waals surface area contributed by atoms with Crippen molar-refractivity contribution in [1.82, 2.24) is 0 Å². The molecule has 0 spiro atoms. The third-order valence-electron chi connectivity index (χ3n) is 4.44. The molecule has 136 valence electrons. The van der Waals surface area contributed by atoms with Crippen LogP contribution in [0.5, 0.6) is 0 Å². The number of anilines is 2. The fourth-order valence-electron chi connectivity index (χ4n) is 3.25. The second-order valence-corrected chi connectivity index (χ2v) is 6.22. The lowest BCUT2D eigenvalue weighted by Gasteiger charge is -2.28. The molecule has 2 heterocycles. The Hall–Kier alpha value is -3.09. The van der Waals surface area contributed by atoms with Crippen molar-refractivity contribution in [3.63, 3.8) is 0 Å². The quantitative estimate of drug-likeness (QED) is 0.858. The Bertz CT molecular complexity index is 884. The van der Waals surface area contributed by atoms with E-state index in [-0.39, 0.29) is 23.7 Å². The van der Waals surface area contributed by atoms with E-state index in [4.69, 9.17) is 9.52 Å². The van der Waals surface area contributed by atoms with Gasteiger partial charge in [0.1, 0.15) is 12.2 Å². The minimum atomic E-state index is -1.06. The highest BCUT2D eigenvalue weighted by molar-refractivity contribution is 6.06. The first kappa shape index (κ1) is 17.7. The van der Waals surface area contributed by atoms with Crippen LogP contribution in [0.1, 0.15) is 40.6 Å². The number of rotatable bonds is 5. The van der Waals surface area contributed by atoms with E-state index in [9.17, 15) is 14.4 Å². The number of benzene rings is 1. The maximum atomic E-state index is 12.6. The summed E-state index contributed by atoms with van der Waals surface area (Å²) in [4.78, 5) is 37.2. The third kappa shape index (κ3) is 3.33. The van der Waals surface area contributed by atoms with Gasteiger partial charge in [0.25, 0.3) is 5.91 Å². The van der Waals surface area contributed by atoms with Crippen LogP contribution in [0, 0.1) is 6.92 Å². The number of carbonyl (C=O) groups excluding carboxylic acids is 2. The van der Waals surface area contributed by atoms with E-state index >= 15 is 0 Å². The van der Waals surface area contributed by atoms with Gasteiger partial charge in [0.05, 0.1) is 11.8 Å². The van der Waals surface area contributed by atoms with Gasteiger partial charge in [-0.2, -0.15) is 0 Å². The molecule has 2 N–H and O–H groups in total. The summed E-state index contributed by atoms with van der Waals surface area (Å²) in [6, 6.07) is 5.42. The molecule has 1 aromatic carbocycles. The van der Waals surface area contributed by atoms with Crippen LogP contribution in [0.15, 0.2) is 28.9 Å². The maximum absolute atomic E-state index is 12.6. The van der Waals surface area contributed by atoms with Crippen LogP contribution in [0.25, 0.3) is 0 Å². The van der Waals surface area contributed by atoms with Crippen molar-refractivity contribution < 1.29 is 23.9 Å². The van der Waals surface area contributed by atoms with E-state index in [2.05, 4.69) is 5.32 Å². The van der Waals surface area contributed by atoms with Crippen molar-refractivity contribution >= 4 is 29.2 Å². The van der Waals surface area contributed by atoms with Crippen LogP contribution >= 0.6 is 0 Å². The van der Waals surface area contributed by atoms with E-state index < -0.39 is 11.9 Å². The number of amides is 2. The van der Waals surface area contributed by atoms with Crippen molar-refractivity contribution in [2.45, 2.75) is 33.1 Å². The van der Waals surface area contributed by atoms with E-state index in [1.54, 1.807) is 17.9 Å². The molecule has 7 nitrogen and oxygen atoms in total. The first-order valence-corrected chi connectivity index (χ1v) is 8.44. The zero-order valence-corrected chi connectivity index (χ0v) is 14.7. The van der Waals surface area contributed by atoms with E-state index in [1.165, 1.54) is 6.26 Å². The van der Waals surface area contributed by atoms with Crippen LogP contribution in [0.2, 0.25) is 0 Å². The molecular weight excluding hydrogens is 336 g/mol. The molecule has 7 heteroatoms. The lowest BCUT2D eigenvalue weighted by molar-refractivity contribution is -0.136. The topological polar surface area (TPSA) is 99.9 Å². The predicted molar refractivity (Wildman–Crippen MR) is 95.5 cm³/mol. The average molecular weight is 356 g/mol. The summed E-state index contributed by atoms with van der Waals surface area (Å²) in [6.07, 6.45) is 2.10. The number of hydrogen-bond acceptors (Lipinski definition) is 4. The minimum Gasteiger partial charge on any atom is -0.481 e. The van der Waals surface area contributed by atoms with Gasteiger partial charge >= 0.3 is 5.97 Å². The highest BCUT2D eigenvalue weighted by Gasteiger charge is 2.24. The van der Waals surface area contributed by atoms with E-state index in [1.807, 2.05) is 19.1 Å². The van der Waals surface area contributed by atoms with Crippen LogP contribution in [-0.4, -0.2) is 29.4 Å². The highest BCUT2D eigenvalue weighted by Crippen LogP contribution is 2.30. The Morgan fingerprint density at radius 2 is 2.08 bits per heavy atom. The van der Waals surface area contributed by atoms with Gasteiger partial charge in [-0.3, -0.25) is 14.4 Å². The zero-order valence-electron chi connectivity index (χ0n) is 14.7. The normalized spacial score (nSPS) is 13.5. The summed E-state index contributed by atoms with van der Waals surface area (Å²) in [5, 5.41) is 11.7. The Balaban J connectivity index is 1.84. The largest absolute Gasteiger partial charge is 0.481 e. The fraction of sp³-hybridized carbons (Fsp3) is 0.316. The van der Waals surface area contributed by atoms with Gasteiger partial charge in [0.15, 0.2) is 0 Å². The molecular formula is C19H20N2O5. The van der Waals surface area contributed by atoms with Crippen LogP contribution in [0.3, 0.4) is 0 Å². The van der Waals surface area contributed by atoms with Crippen molar-refractivity contribution in [1.29, 1.82) is 0 Å². The molecule has 1 aliphatic rings. The summed E-state index contributed by atoms with van der Waals surface area (Å²) < 4.78 is 5.21. The summed E-state index contributed by atoms with van der Waals surface area (Å²) in [5.41, 5.74) is 3.29. The van der Waals surface area contributed by atoms with Crippen LogP contribution in [0.4, 0.5) is 11.4 Å². The minimum absolute atomic E-state index is 0.101. The second kappa shape index (κ2) is 7.03. The Kier molecular flexibility index (Phi) is 4.79. The number of carboxylic acids is 1. The Morgan fingerprint density at radius 1 is 1.31 bits per heavy atom. The van der Waals surface area contributed by atoms with Gasteiger partial charge in [-0.25, -0.2) is 0 Å². The molecule has 0 aliphatic carbocycles. The monoisotopic (exact) mass is 356 g/mol. The number of hydrogen-bond donors (Lipinski definition) is 2. The SMILES string of the molecule is CCN1C(=O)CCc2cc(NC(=O)c3c(C)coc3CC(=O)O)ccc21. The molecule has 2 amide bonds. The Morgan fingerprint density at radius 3 is 2.77 bits per heavy atom. The molecule has 0 fully saturated rings. The summed E-state index contributed by atoms with van der Waals surface area (Å²) in [7, 11) is 0. The van der Waals surface area contributed by atoms with Gasteiger partial charge in [-0.1, -0.05) is 0 Å². The van der Waals surface area contributed by atoms with Crippen molar-refractivity contribution in [2.75, 3.05) is 16.8 Å². The molecule has 26 heavy (non-hydrogen) atoms. The first-order valence-electron chi connectivity index (χ1n) is 8.44. The summed E-state index contributed by atoms with van der Waals surface area (Å²) >= 11 is 0. The van der Waals surface area contributed by atoms with Gasteiger partial charge in [-0.15, -0.1) is 0 Å². The van der Waals surface area contributed by atoms with Crippen LogP contribution in [-0.2, 0) is 22.4 Å². The second-order valence-electron chi connectivity index (χ2n) is 6.22. The third-order valence-corrected chi connectivity index (χ3v) is 4.44. The van der Waals surface area contributed by atoms with Crippen molar-refractivity contribution in [3.8, 4) is 0 Å².